The number of halogens is 1. The third kappa shape index (κ3) is 5.74. The van der Waals surface area contributed by atoms with E-state index in [1.54, 1.807) is 0 Å². The Hall–Kier alpha value is -0.950. The van der Waals surface area contributed by atoms with E-state index in [-0.39, 0.29) is 12.0 Å². The van der Waals surface area contributed by atoms with E-state index < -0.39 is 0 Å². The molecule has 1 aliphatic heterocycles. The summed E-state index contributed by atoms with van der Waals surface area (Å²) in [4.78, 5) is 14.2. The highest BCUT2D eigenvalue weighted by Crippen LogP contribution is 2.15. The van der Waals surface area contributed by atoms with Gasteiger partial charge in [0.1, 0.15) is 0 Å². The number of carbonyl (C=O) groups is 1. The largest absolute Gasteiger partial charge is 0.374 e. The van der Waals surface area contributed by atoms with Gasteiger partial charge in [-0.15, -0.1) is 0 Å². The molecule has 0 spiro atoms. The van der Waals surface area contributed by atoms with E-state index >= 15 is 0 Å². The molecular weight excluding hydrogens is 334 g/mol. The Morgan fingerprint density at radius 2 is 2.38 bits per heavy atom. The number of ether oxygens (including phenoxy) is 1. The average Bonchev–Trinajstić information content (AvgIpc) is 2.47. The van der Waals surface area contributed by atoms with Gasteiger partial charge < -0.3 is 15.4 Å². The number of likely N-dealkylation sites (N-methyl/N-ethyl adjacent to an activating group) is 1. The second-order valence-corrected chi connectivity index (χ2v) is 5.99. The van der Waals surface area contributed by atoms with Crippen LogP contribution in [0.15, 0.2) is 28.7 Å². The van der Waals surface area contributed by atoms with Crippen molar-refractivity contribution in [2.24, 2.45) is 0 Å². The molecule has 1 atom stereocenters. The number of anilines is 1. The molecule has 5 nitrogen and oxygen atoms in total. The summed E-state index contributed by atoms with van der Waals surface area (Å²) in [5, 5.41) is 6.02. The first kappa shape index (κ1) is 16.4. The lowest BCUT2D eigenvalue weighted by atomic mass is 10.2. The molecule has 0 bridgehead atoms. The highest BCUT2D eigenvalue weighted by atomic mass is 79.9. The zero-order valence-electron chi connectivity index (χ0n) is 12.3. The maximum Gasteiger partial charge on any atom is 0.238 e. The van der Waals surface area contributed by atoms with Crippen LogP contribution in [0.25, 0.3) is 0 Å². The van der Waals surface area contributed by atoms with Gasteiger partial charge in [0.05, 0.1) is 19.3 Å². The molecule has 6 heteroatoms. The van der Waals surface area contributed by atoms with Crippen LogP contribution in [-0.4, -0.2) is 56.2 Å². The molecule has 2 rings (SSSR count). The molecule has 2 N–H and O–H groups in total. The predicted molar refractivity (Wildman–Crippen MR) is 87.5 cm³/mol. The van der Waals surface area contributed by atoms with E-state index in [0.29, 0.717) is 13.1 Å². The molecule has 1 amide bonds. The highest BCUT2D eigenvalue weighted by molar-refractivity contribution is 9.10. The van der Waals surface area contributed by atoms with E-state index in [1.807, 2.05) is 24.3 Å². The number of nitrogens with one attached hydrogen (secondary N) is 2. The third-order valence-corrected chi connectivity index (χ3v) is 3.93. The summed E-state index contributed by atoms with van der Waals surface area (Å²) < 4.78 is 6.63. The summed E-state index contributed by atoms with van der Waals surface area (Å²) in [6, 6.07) is 7.56. The van der Waals surface area contributed by atoms with Gasteiger partial charge in [-0.2, -0.15) is 0 Å². The molecule has 0 saturated carbocycles. The van der Waals surface area contributed by atoms with E-state index in [2.05, 4.69) is 38.4 Å². The monoisotopic (exact) mass is 355 g/mol. The second kappa shape index (κ2) is 8.48. The van der Waals surface area contributed by atoms with Crippen LogP contribution < -0.4 is 10.6 Å². The molecule has 0 aromatic heterocycles. The Morgan fingerprint density at radius 3 is 3.14 bits per heavy atom. The number of rotatable bonds is 6. The van der Waals surface area contributed by atoms with Crippen molar-refractivity contribution >= 4 is 27.5 Å². The predicted octanol–water partition coefficient (Wildman–Crippen LogP) is 1.70. The maximum atomic E-state index is 11.8. The van der Waals surface area contributed by atoms with Crippen molar-refractivity contribution in [2.75, 3.05) is 44.6 Å². The first-order valence-corrected chi connectivity index (χ1v) is 8.06. The number of hydrogen-bond donors (Lipinski definition) is 2. The number of benzene rings is 1. The lowest BCUT2D eigenvalue weighted by Crippen LogP contribution is -2.47. The summed E-state index contributed by atoms with van der Waals surface area (Å²) >= 11 is 3.38. The van der Waals surface area contributed by atoms with Crippen molar-refractivity contribution in [3.63, 3.8) is 0 Å². The minimum Gasteiger partial charge on any atom is -0.374 e. The molecule has 0 radical (unpaired) electrons. The minimum absolute atomic E-state index is 0.0451. The van der Waals surface area contributed by atoms with Crippen LogP contribution in [0.4, 0.5) is 5.69 Å². The third-order valence-electron chi connectivity index (χ3n) is 3.44. The molecular formula is C15H22BrN3O2. The lowest BCUT2D eigenvalue weighted by Gasteiger charge is -2.32. The van der Waals surface area contributed by atoms with E-state index in [4.69, 9.17) is 4.74 Å². The first-order valence-electron chi connectivity index (χ1n) is 7.27. The molecule has 1 fully saturated rings. The van der Waals surface area contributed by atoms with Crippen molar-refractivity contribution in [3.05, 3.63) is 28.7 Å². The van der Waals surface area contributed by atoms with Crippen LogP contribution in [0.2, 0.25) is 0 Å². The zero-order chi connectivity index (χ0) is 15.1. The number of amides is 1. The smallest absolute Gasteiger partial charge is 0.238 e. The molecule has 1 aromatic carbocycles. The quantitative estimate of drug-likeness (QED) is 0.815. The Morgan fingerprint density at radius 1 is 1.52 bits per heavy atom. The molecule has 116 valence electrons. The van der Waals surface area contributed by atoms with Crippen LogP contribution in [0.3, 0.4) is 0 Å². The molecule has 1 aromatic rings. The van der Waals surface area contributed by atoms with Gasteiger partial charge in [-0.05, 0) is 24.7 Å². The Balaban J connectivity index is 1.67. The number of hydrogen-bond acceptors (Lipinski definition) is 4. The summed E-state index contributed by atoms with van der Waals surface area (Å²) in [6.45, 7) is 6.88. The SMILES string of the molecule is CCN1CCOC(CNCC(=O)Nc2cccc(Br)c2)C1. The number of nitrogens with zero attached hydrogens (tertiary/aromatic N) is 1. The van der Waals surface area contributed by atoms with E-state index in [9.17, 15) is 4.79 Å². The summed E-state index contributed by atoms with van der Waals surface area (Å²) in [5.41, 5.74) is 0.794. The molecule has 21 heavy (non-hydrogen) atoms. The van der Waals surface area contributed by atoms with Gasteiger partial charge in [0, 0.05) is 29.8 Å². The lowest BCUT2D eigenvalue weighted by molar-refractivity contribution is -0.115. The Labute approximate surface area is 134 Å². The maximum absolute atomic E-state index is 11.8. The minimum atomic E-state index is -0.0451. The van der Waals surface area contributed by atoms with Crippen LogP contribution in [-0.2, 0) is 9.53 Å². The van der Waals surface area contributed by atoms with E-state index in [0.717, 1.165) is 36.4 Å². The fourth-order valence-corrected chi connectivity index (χ4v) is 2.71. The van der Waals surface area contributed by atoms with Gasteiger partial charge in [0.25, 0.3) is 0 Å². The average molecular weight is 356 g/mol. The Kier molecular flexibility index (Phi) is 6.63. The number of morpholine rings is 1. The van der Waals surface area contributed by atoms with Gasteiger partial charge in [0.2, 0.25) is 5.91 Å². The van der Waals surface area contributed by atoms with Crippen LogP contribution in [0.1, 0.15) is 6.92 Å². The van der Waals surface area contributed by atoms with Gasteiger partial charge >= 0.3 is 0 Å². The number of carbonyl (C=O) groups excluding carboxylic acids is 1. The highest BCUT2D eigenvalue weighted by Gasteiger charge is 2.18. The van der Waals surface area contributed by atoms with Crippen molar-refractivity contribution in [1.29, 1.82) is 0 Å². The standard InChI is InChI=1S/C15H22BrN3O2/c1-2-19-6-7-21-14(11-19)9-17-10-15(20)18-13-5-3-4-12(16)8-13/h3-5,8,14,17H,2,6-7,9-11H2,1H3,(H,18,20). The molecule has 1 aliphatic rings. The molecule has 1 saturated heterocycles. The zero-order valence-corrected chi connectivity index (χ0v) is 13.9. The normalized spacial score (nSPS) is 19.4. The molecule has 1 heterocycles. The van der Waals surface area contributed by atoms with Gasteiger partial charge in [-0.25, -0.2) is 0 Å². The van der Waals surface area contributed by atoms with Crippen LogP contribution >= 0.6 is 15.9 Å². The summed E-state index contributed by atoms with van der Waals surface area (Å²) in [5.74, 6) is -0.0451. The first-order chi connectivity index (χ1) is 10.2. The van der Waals surface area contributed by atoms with E-state index in [1.165, 1.54) is 0 Å². The van der Waals surface area contributed by atoms with Gasteiger partial charge in [-0.3, -0.25) is 9.69 Å². The summed E-state index contributed by atoms with van der Waals surface area (Å²) in [7, 11) is 0. The fraction of sp³-hybridized carbons (Fsp3) is 0.533. The van der Waals surface area contributed by atoms with Crippen molar-refractivity contribution in [3.8, 4) is 0 Å². The molecule has 1 unspecified atom stereocenters. The van der Waals surface area contributed by atoms with Crippen molar-refractivity contribution < 1.29 is 9.53 Å². The fourth-order valence-electron chi connectivity index (χ4n) is 2.31. The van der Waals surface area contributed by atoms with Crippen molar-refractivity contribution in [2.45, 2.75) is 13.0 Å². The van der Waals surface area contributed by atoms with Crippen LogP contribution in [0.5, 0.6) is 0 Å². The van der Waals surface area contributed by atoms with Gasteiger partial charge in [0.15, 0.2) is 0 Å². The van der Waals surface area contributed by atoms with Crippen LogP contribution in [0, 0.1) is 0 Å². The van der Waals surface area contributed by atoms with Gasteiger partial charge in [-0.1, -0.05) is 28.9 Å². The van der Waals surface area contributed by atoms with Crippen molar-refractivity contribution in [1.82, 2.24) is 10.2 Å². The molecule has 0 aliphatic carbocycles. The topological polar surface area (TPSA) is 53.6 Å². The second-order valence-electron chi connectivity index (χ2n) is 5.08. The Bertz CT molecular complexity index is 470. The summed E-state index contributed by atoms with van der Waals surface area (Å²) in [6.07, 6.45) is 0.164.